The van der Waals surface area contributed by atoms with Crippen molar-refractivity contribution in [2.75, 3.05) is 33.8 Å². The van der Waals surface area contributed by atoms with Crippen LogP contribution in [0.15, 0.2) is 22.7 Å². The van der Waals surface area contributed by atoms with E-state index in [0.717, 1.165) is 41.8 Å². The molecule has 0 aliphatic carbocycles. The lowest BCUT2D eigenvalue weighted by atomic mass is 10.1. The Bertz CT molecular complexity index is 493. The number of benzene rings is 1. The Morgan fingerprint density at radius 3 is 3.05 bits per heavy atom. The molecule has 1 saturated heterocycles. The number of halogens is 1. The first kappa shape index (κ1) is 16.3. The van der Waals surface area contributed by atoms with E-state index < -0.39 is 0 Å². The summed E-state index contributed by atoms with van der Waals surface area (Å²) in [6, 6.07) is 5.91. The normalized spacial score (nSPS) is 18.0. The zero-order valence-electron chi connectivity index (χ0n) is 12.7. The third-order valence-electron chi connectivity index (χ3n) is 3.98. The van der Waals surface area contributed by atoms with Crippen LogP contribution in [0, 0.1) is 5.92 Å². The number of carbonyl (C=O) groups excluding carboxylic acids is 1. The van der Waals surface area contributed by atoms with Gasteiger partial charge in [-0.15, -0.1) is 0 Å². The van der Waals surface area contributed by atoms with Crippen molar-refractivity contribution in [1.29, 1.82) is 0 Å². The van der Waals surface area contributed by atoms with Crippen LogP contribution in [0.25, 0.3) is 0 Å². The number of rotatable bonds is 6. The van der Waals surface area contributed by atoms with E-state index in [1.807, 2.05) is 30.1 Å². The van der Waals surface area contributed by atoms with Crippen molar-refractivity contribution in [3.05, 3.63) is 28.2 Å². The molecule has 1 heterocycles. The van der Waals surface area contributed by atoms with E-state index in [-0.39, 0.29) is 5.91 Å². The summed E-state index contributed by atoms with van der Waals surface area (Å²) in [5.41, 5.74) is 1.08. The van der Waals surface area contributed by atoms with Gasteiger partial charge in [0.15, 0.2) is 0 Å². The molecule has 0 spiro atoms. The molecule has 1 N–H and O–H groups in total. The molecule has 1 atom stereocenters. The molecule has 0 bridgehead atoms. The molecule has 0 radical (unpaired) electrons. The van der Waals surface area contributed by atoms with E-state index in [1.54, 1.807) is 7.11 Å². The maximum Gasteiger partial charge on any atom is 0.222 e. The lowest BCUT2D eigenvalue weighted by molar-refractivity contribution is -0.130. The van der Waals surface area contributed by atoms with Gasteiger partial charge in [0.25, 0.3) is 0 Å². The summed E-state index contributed by atoms with van der Waals surface area (Å²) >= 11 is 3.47. The summed E-state index contributed by atoms with van der Waals surface area (Å²) in [5.74, 6) is 1.69. The number of carbonyl (C=O) groups is 1. The summed E-state index contributed by atoms with van der Waals surface area (Å²) in [4.78, 5) is 14.3. The highest BCUT2D eigenvalue weighted by molar-refractivity contribution is 9.10. The van der Waals surface area contributed by atoms with E-state index in [4.69, 9.17) is 4.74 Å². The average molecular weight is 355 g/mol. The number of nitrogens with zero attached hydrogens (tertiary/aromatic N) is 1. The van der Waals surface area contributed by atoms with Gasteiger partial charge >= 0.3 is 0 Å². The molecule has 1 amide bonds. The molecule has 2 rings (SSSR count). The fourth-order valence-corrected chi connectivity index (χ4v) is 3.27. The second-order valence-electron chi connectivity index (χ2n) is 5.51. The standard InChI is InChI=1S/C16H23BrN2O2/c1-18-10-12-7-8-19(11-12)16(20)6-3-13-9-14(17)4-5-15(13)21-2/h4-5,9,12,18H,3,6-8,10-11H2,1-2H3/t12-/m0/s1. The van der Waals surface area contributed by atoms with Gasteiger partial charge in [-0.05, 0) is 56.1 Å². The summed E-state index contributed by atoms with van der Waals surface area (Å²) < 4.78 is 6.37. The molecule has 1 aliphatic rings. The molecule has 116 valence electrons. The van der Waals surface area contributed by atoms with Gasteiger partial charge in [-0.2, -0.15) is 0 Å². The molecule has 1 aliphatic heterocycles. The first-order valence-electron chi connectivity index (χ1n) is 7.38. The van der Waals surface area contributed by atoms with Crippen molar-refractivity contribution in [2.45, 2.75) is 19.3 Å². The summed E-state index contributed by atoms with van der Waals surface area (Å²) in [6.07, 6.45) is 2.36. The van der Waals surface area contributed by atoms with Gasteiger partial charge in [-0.1, -0.05) is 15.9 Å². The average Bonchev–Trinajstić information content (AvgIpc) is 2.94. The largest absolute Gasteiger partial charge is 0.496 e. The maximum absolute atomic E-state index is 12.3. The number of amides is 1. The van der Waals surface area contributed by atoms with Crippen LogP contribution in [0.2, 0.25) is 0 Å². The number of likely N-dealkylation sites (tertiary alicyclic amines) is 1. The van der Waals surface area contributed by atoms with Crippen molar-refractivity contribution in [2.24, 2.45) is 5.92 Å². The minimum absolute atomic E-state index is 0.246. The molecule has 1 aromatic carbocycles. The number of aryl methyl sites for hydroxylation is 1. The lowest BCUT2D eigenvalue weighted by Gasteiger charge is -2.17. The van der Waals surface area contributed by atoms with Gasteiger partial charge in [0.1, 0.15) is 5.75 Å². The van der Waals surface area contributed by atoms with Crippen molar-refractivity contribution >= 4 is 21.8 Å². The van der Waals surface area contributed by atoms with E-state index in [1.165, 1.54) is 0 Å². The Labute approximate surface area is 135 Å². The maximum atomic E-state index is 12.3. The molecule has 1 fully saturated rings. The van der Waals surface area contributed by atoms with Crippen LogP contribution in [-0.2, 0) is 11.2 Å². The summed E-state index contributed by atoms with van der Waals surface area (Å²) in [7, 11) is 3.63. The van der Waals surface area contributed by atoms with E-state index in [2.05, 4.69) is 21.2 Å². The molecule has 21 heavy (non-hydrogen) atoms. The van der Waals surface area contributed by atoms with E-state index >= 15 is 0 Å². The molecule has 4 nitrogen and oxygen atoms in total. The number of hydrogen-bond donors (Lipinski definition) is 1. The van der Waals surface area contributed by atoms with Crippen molar-refractivity contribution < 1.29 is 9.53 Å². The van der Waals surface area contributed by atoms with Gasteiger partial charge in [0.2, 0.25) is 5.91 Å². The minimum Gasteiger partial charge on any atom is -0.496 e. The SMILES string of the molecule is CNC[C@@H]1CCN(C(=O)CCc2cc(Br)ccc2OC)C1. The third kappa shape index (κ3) is 4.45. The van der Waals surface area contributed by atoms with Crippen molar-refractivity contribution in [1.82, 2.24) is 10.2 Å². The second-order valence-corrected chi connectivity index (χ2v) is 6.42. The van der Waals surface area contributed by atoms with Gasteiger partial charge in [-0.3, -0.25) is 4.79 Å². The van der Waals surface area contributed by atoms with Crippen LogP contribution < -0.4 is 10.1 Å². The van der Waals surface area contributed by atoms with Crippen LogP contribution in [0.5, 0.6) is 5.75 Å². The number of nitrogens with one attached hydrogen (secondary N) is 1. The molecule has 0 unspecified atom stereocenters. The predicted molar refractivity (Wildman–Crippen MR) is 87.6 cm³/mol. The predicted octanol–water partition coefficient (Wildman–Crippen LogP) is 2.46. The molecule has 1 aromatic rings. The van der Waals surface area contributed by atoms with Gasteiger partial charge in [0, 0.05) is 24.0 Å². The molecule has 0 saturated carbocycles. The number of ether oxygens (including phenoxy) is 1. The monoisotopic (exact) mass is 354 g/mol. The Hall–Kier alpha value is -1.07. The Balaban J connectivity index is 1.88. The van der Waals surface area contributed by atoms with Crippen LogP contribution in [0.3, 0.4) is 0 Å². The fourth-order valence-electron chi connectivity index (χ4n) is 2.86. The fraction of sp³-hybridized carbons (Fsp3) is 0.562. The number of methoxy groups -OCH3 is 1. The highest BCUT2D eigenvalue weighted by Crippen LogP contribution is 2.25. The van der Waals surface area contributed by atoms with Crippen LogP contribution in [0.1, 0.15) is 18.4 Å². The first-order valence-corrected chi connectivity index (χ1v) is 8.18. The van der Waals surface area contributed by atoms with Crippen LogP contribution in [-0.4, -0.2) is 44.6 Å². The number of hydrogen-bond acceptors (Lipinski definition) is 3. The lowest BCUT2D eigenvalue weighted by Crippen LogP contribution is -2.30. The zero-order chi connectivity index (χ0) is 15.2. The zero-order valence-corrected chi connectivity index (χ0v) is 14.3. The Morgan fingerprint density at radius 1 is 1.52 bits per heavy atom. The highest BCUT2D eigenvalue weighted by atomic mass is 79.9. The smallest absolute Gasteiger partial charge is 0.222 e. The van der Waals surface area contributed by atoms with Crippen LogP contribution >= 0.6 is 15.9 Å². The second kappa shape index (κ2) is 7.80. The van der Waals surface area contributed by atoms with Gasteiger partial charge in [0.05, 0.1) is 7.11 Å². The topological polar surface area (TPSA) is 41.6 Å². The third-order valence-corrected chi connectivity index (χ3v) is 4.48. The molecule has 5 heteroatoms. The highest BCUT2D eigenvalue weighted by Gasteiger charge is 2.25. The van der Waals surface area contributed by atoms with Gasteiger partial charge in [-0.25, -0.2) is 0 Å². The Morgan fingerprint density at radius 2 is 2.33 bits per heavy atom. The van der Waals surface area contributed by atoms with Crippen molar-refractivity contribution in [3.63, 3.8) is 0 Å². The summed E-state index contributed by atoms with van der Waals surface area (Å²) in [6.45, 7) is 2.76. The Kier molecular flexibility index (Phi) is 6.06. The summed E-state index contributed by atoms with van der Waals surface area (Å²) in [5, 5.41) is 3.19. The van der Waals surface area contributed by atoms with Gasteiger partial charge < -0.3 is 15.0 Å². The minimum atomic E-state index is 0.246. The quantitative estimate of drug-likeness (QED) is 0.852. The molecular formula is C16H23BrN2O2. The van der Waals surface area contributed by atoms with E-state index in [9.17, 15) is 4.79 Å². The van der Waals surface area contributed by atoms with Crippen molar-refractivity contribution in [3.8, 4) is 5.75 Å². The van der Waals surface area contributed by atoms with E-state index in [0.29, 0.717) is 18.8 Å². The molecular weight excluding hydrogens is 332 g/mol. The molecule has 0 aromatic heterocycles. The van der Waals surface area contributed by atoms with Crippen LogP contribution in [0.4, 0.5) is 0 Å². The first-order chi connectivity index (χ1) is 10.1.